The van der Waals surface area contributed by atoms with E-state index in [0.717, 1.165) is 22.9 Å². The van der Waals surface area contributed by atoms with Crippen LogP contribution in [0, 0.1) is 0 Å². The Labute approximate surface area is 185 Å². The Bertz CT molecular complexity index is 953. The molecule has 0 aliphatic rings. The number of carbonyl (C=O) groups is 1. The van der Waals surface area contributed by atoms with Crippen molar-refractivity contribution < 1.29 is 17.9 Å². The van der Waals surface area contributed by atoms with Crippen molar-refractivity contribution in [3.05, 3.63) is 57.5 Å². The number of halogens is 2. The molecule has 158 valence electrons. The first-order valence-electron chi connectivity index (χ1n) is 9.19. The first kappa shape index (κ1) is 23.7. The number of nitrogens with one attached hydrogen (secondary N) is 2. The van der Waals surface area contributed by atoms with Crippen LogP contribution in [0.15, 0.2) is 51.8 Å². The van der Waals surface area contributed by atoms with Gasteiger partial charge in [-0.1, -0.05) is 53.0 Å². The Balaban J connectivity index is 1.94. The first-order chi connectivity index (χ1) is 13.7. The summed E-state index contributed by atoms with van der Waals surface area (Å²) in [7, 11) is -3.63. The summed E-state index contributed by atoms with van der Waals surface area (Å²) in [6.45, 7) is 3.98. The van der Waals surface area contributed by atoms with Crippen molar-refractivity contribution in [1.29, 1.82) is 0 Å². The van der Waals surface area contributed by atoms with E-state index in [-0.39, 0.29) is 34.2 Å². The highest BCUT2D eigenvalue weighted by Crippen LogP contribution is 2.27. The van der Waals surface area contributed by atoms with E-state index in [4.69, 9.17) is 16.3 Å². The molecule has 0 fully saturated rings. The molecule has 9 heteroatoms. The molecule has 0 aliphatic carbocycles. The lowest BCUT2D eigenvalue weighted by Crippen LogP contribution is -2.31. The van der Waals surface area contributed by atoms with Gasteiger partial charge in [-0.15, -0.1) is 0 Å². The third-order valence-corrected chi connectivity index (χ3v) is 6.37. The fourth-order valence-corrected chi connectivity index (χ4v) is 4.33. The van der Waals surface area contributed by atoms with E-state index in [1.165, 1.54) is 18.2 Å². The molecule has 0 saturated carbocycles. The van der Waals surface area contributed by atoms with E-state index in [9.17, 15) is 13.2 Å². The SMILES string of the molecule is CCCCNS(=O)(=O)c1ccc(OCC(=O)NC(C)c2cccc(Br)c2)c(Cl)c1. The van der Waals surface area contributed by atoms with Crippen molar-refractivity contribution in [3.8, 4) is 5.75 Å². The number of ether oxygens (including phenoxy) is 1. The average molecular weight is 504 g/mol. The van der Waals surface area contributed by atoms with Crippen LogP contribution in [0.2, 0.25) is 5.02 Å². The highest BCUT2D eigenvalue weighted by Gasteiger charge is 2.16. The summed E-state index contributed by atoms with van der Waals surface area (Å²) in [4.78, 5) is 12.2. The van der Waals surface area contributed by atoms with Crippen LogP contribution >= 0.6 is 27.5 Å². The van der Waals surface area contributed by atoms with Gasteiger partial charge in [-0.2, -0.15) is 0 Å². The largest absolute Gasteiger partial charge is 0.482 e. The van der Waals surface area contributed by atoms with E-state index < -0.39 is 10.0 Å². The quantitative estimate of drug-likeness (QED) is 0.470. The summed E-state index contributed by atoms with van der Waals surface area (Å²) in [6.07, 6.45) is 1.64. The Morgan fingerprint density at radius 2 is 2.00 bits per heavy atom. The minimum Gasteiger partial charge on any atom is -0.482 e. The lowest BCUT2D eigenvalue weighted by molar-refractivity contribution is -0.123. The zero-order chi connectivity index (χ0) is 21.4. The molecule has 0 saturated heterocycles. The summed E-state index contributed by atoms with van der Waals surface area (Å²) in [6, 6.07) is 11.6. The predicted molar refractivity (Wildman–Crippen MR) is 118 cm³/mol. The number of hydrogen-bond donors (Lipinski definition) is 2. The third kappa shape index (κ3) is 7.29. The molecule has 0 aliphatic heterocycles. The van der Waals surface area contributed by atoms with Crippen LogP contribution in [0.1, 0.15) is 38.3 Å². The second kappa shape index (κ2) is 11.0. The Kier molecular flexibility index (Phi) is 8.95. The third-order valence-electron chi connectivity index (χ3n) is 4.12. The molecule has 0 heterocycles. The van der Waals surface area contributed by atoms with Crippen LogP contribution in [0.3, 0.4) is 0 Å². The van der Waals surface area contributed by atoms with Gasteiger partial charge in [-0.3, -0.25) is 4.79 Å². The maximum atomic E-state index is 12.2. The molecule has 0 aromatic heterocycles. The number of hydrogen-bond acceptors (Lipinski definition) is 4. The molecule has 1 unspecified atom stereocenters. The molecule has 6 nitrogen and oxygen atoms in total. The number of carbonyl (C=O) groups excluding carboxylic acids is 1. The number of amides is 1. The number of unbranched alkanes of at least 4 members (excludes halogenated alkanes) is 1. The van der Waals surface area contributed by atoms with Crippen LogP contribution in [0.25, 0.3) is 0 Å². The van der Waals surface area contributed by atoms with Crippen molar-refractivity contribution in [1.82, 2.24) is 10.0 Å². The molecule has 2 aromatic carbocycles. The summed E-state index contributed by atoms with van der Waals surface area (Å²) < 4.78 is 33.4. The highest BCUT2D eigenvalue weighted by molar-refractivity contribution is 9.10. The van der Waals surface area contributed by atoms with E-state index in [0.29, 0.717) is 6.54 Å². The maximum absolute atomic E-state index is 12.2. The summed E-state index contributed by atoms with van der Waals surface area (Å²) >= 11 is 9.55. The van der Waals surface area contributed by atoms with E-state index in [2.05, 4.69) is 26.0 Å². The van der Waals surface area contributed by atoms with Gasteiger partial charge >= 0.3 is 0 Å². The molecule has 2 rings (SSSR count). The Morgan fingerprint density at radius 3 is 2.66 bits per heavy atom. The minimum atomic E-state index is -3.63. The van der Waals surface area contributed by atoms with Gasteiger partial charge < -0.3 is 10.1 Å². The van der Waals surface area contributed by atoms with Gasteiger partial charge in [-0.05, 0) is 49.2 Å². The highest BCUT2D eigenvalue weighted by atomic mass is 79.9. The van der Waals surface area contributed by atoms with Gasteiger partial charge in [0.2, 0.25) is 10.0 Å². The van der Waals surface area contributed by atoms with E-state index >= 15 is 0 Å². The first-order valence-corrected chi connectivity index (χ1v) is 11.8. The number of sulfonamides is 1. The fraction of sp³-hybridized carbons (Fsp3) is 0.350. The van der Waals surface area contributed by atoms with Crippen molar-refractivity contribution in [2.75, 3.05) is 13.2 Å². The minimum absolute atomic E-state index is 0.0543. The van der Waals surface area contributed by atoms with Crippen LogP contribution in [-0.2, 0) is 14.8 Å². The zero-order valence-electron chi connectivity index (χ0n) is 16.2. The van der Waals surface area contributed by atoms with Gasteiger partial charge in [0.25, 0.3) is 5.91 Å². The zero-order valence-corrected chi connectivity index (χ0v) is 19.4. The van der Waals surface area contributed by atoms with Crippen LogP contribution in [0.4, 0.5) is 0 Å². The van der Waals surface area contributed by atoms with Crippen molar-refractivity contribution in [3.63, 3.8) is 0 Å². The van der Waals surface area contributed by atoms with Gasteiger partial charge in [-0.25, -0.2) is 13.1 Å². The summed E-state index contributed by atoms with van der Waals surface area (Å²) in [5.41, 5.74) is 0.955. The molecule has 2 aromatic rings. The fourth-order valence-electron chi connectivity index (χ4n) is 2.52. The van der Waals surface area contributed by atoms with Crippen LogP contribution in [0.5, 0.6) is 5.75 Å². The maximum Gasteiger partial charge on any atom is 0.258 e. The van der Waals surface area contributed by atoms with Gasteiger partial charge in [0, 0.05) is 11.0 Å². The standard InChI is InChI=1S/C20H24BrClN2O4S/c1-3-4-10-23-29(26,27)17-8-9-19(18(22)12-17)28-13-20(25)24-14(2)15-6-5-7-16(21)11-15/h5-9,11-12,14,23H,3-4,10,13H2,1-2H3,(H,24,25). The van der Waals surface area contributed by atoms with Gasteiger partial charge in [0.15, 0.2) is 6.61 Å². The molecular weight excluding hydrogens is 480 g/mol. The lowest BCUT2D eigenvalue weighted by Gasteiger charge is -2.15. The van der Waals surface area contributed by atoms with Crippen LogP contribution < -0.4 is 14.8 Å². The second-order valence-corrected chi connectivity index (χ2v) is 9.57. The van der Waals surface area contributed by atoms with E-state index in [1.807, 2.05) is 38.1 Å². The number of rotatable bonds is 10. The summed E-state index contributed by atoms with van der Waals surface area (Å²) in [5, 5.41) is 2.97. The van der Waals surface area contributed by atoms with Crippen molar-refractivity contribution in [2.24, 2.45) is 0 Å². The lowest BCUT2D eigenvalue weighted by atomic mass is 10.1. The average Bonchev–Trinajstić information content (AvgIpc) is 2.67. The van der Waals surface area contributed by atoms with Gasteiger partial charge in [0.1, 0.15) is 5.75 Å². The van der Waals surface area contributed by atoms with Crippen molar-refractivity contribution >= 4 is 43.5 Å². The van der Waals surface area contributed by atoms with E-state index in [1.54, 1.807) is 0 Å². The van der Waals surface area contributed by atoms with Crippen molar-refractivity contribution in [2.45, 2.75) is 37.6 Å². The monoisotopic (exact) mass is 502 g/mol. The topological polar surface area (TPSA) is 84.5 Å². The van der Waals surface area contributed by atoms with Crippen LogP contribution in [-0.4, -0.2) is 27.5 Å². The second-order valence-electron chi connectivity index (χ2n) is 6.48. The molecule has 1 amide bonds. The molecule has 29 heavy (non-hydrogen) atoms. The molecule has 0 bridgehead atoms. The molecule has 0 radical (unpaired) electrons. The Hall–Kier alpha value is -1.61. The van der Waals surface area contributed by atoms with Gasteiger partial charge in [0.05, 0.1) is 16.0 Å². The smallest absolute Gasteiger partial charge is 0.258 e. The molecular formula is C20H24BrClN2O4S. The molecule has 0 spiro atoms. The molecule has 1 atom stereocenters. The Morgan fingerprint density at radius 1 is 1.24 bits per heavy atom. The molecule has 2 N–H and O–H groups in total. The predicted octanol–water partition coefficient (Wildman–Crippen LogP) is 4.44. The normalized spacial score (nSPS) is 12.4. The summed E-state index contributed by atoms with van der Waals surface area (Å²) in [5.74, 6) is -0.0732. The number of benzene rings is 2.